The van der Waals surface area contributed by atoms with E-state index in [1.54, 1.807) is 18.2 Å². The number of amides is 3. The molecule has 0 atom stereocenters. The van der Waals surface area contributed by atoms with Crippen LogP contribution in [0.15, 0.2) is 72.8 Å². The van der Waals surface area contributed by atoms with Crippen molar-refractivity contribution in [3.63, 3.8) is 0 Å². The lowest BCUT2D eigenvalue weighted by molar-refractivity contribution is -0.136. The highest BCUT2D eigenvalue weighted by Gasteiger charge is 2.33. The minimum Gasteiger partial charge on any atom is -0.454 e. The summed E-state index contributed by atoms with van der Waals surface area (Å²) in [6, 6.07) is 15.9. The minimum atomic E-state index is -4.55. The first kappa shape index (κ1) is 25.6. The largest absolute Gasteiger partial charge is 0.454 e. The van der Waals surface area contributed by atoms with Crippen LogP contribution in [0.1, 0.15) is 15.9 Å². The third kappa shape index (κ3) is 5.51. The molecule has 0 aliphatic carbocycles. The Morgan fingerprint density at radius 3 is 2.03 bits per heavy atom. The Balaban J connectivity index is 1.55. The number of imide groups is 1. The number of halogens is 6. The molecule has 0 aromatic heterocycles. The molecule has 0 aliphatic rings. The fourth-order valence-electron chi connectivity index (χ4n) is 3.43. The molecule has 0 aliphatic heterocycles. The van der Waals surface area contributed by atoms with E-state index in [1.165, 1.54) is 48.5 Å². The van der Waals surface area contributed by atoms with Crippen molar-refractivity contribution in [3.05, 3.63) is 99.0 Å². The number of anilines is 1. The number of rotatable bonds is 4. The van der Waals surface area contributed by atoms with Gasteiger partial charge in [0.15, 0.2) is 5.75 Å². The number of urea groups is 1. The summed E-state index contributed by atoms with van der Waals surface area (Å²) in [6.07, 6.45) is -4.55. The molecule has 3 amide bonds. The average molecular weight is 554 g/mol. The van der Waals surface area contributed by atoms with Gasteiger partial charge in [-0.3, -0.25) is 10.1 Å². The number of benzene rings is 4. The fraction of sp³-hybridized carbons (Fsp3) is 0.0400. The molecule has 2 N–H and O–H groups in total. The van der Waals surface area contributed by atoms with E-state index in [0.29, 0.717) is 0 Å². The highest BCUT2D eigenvalue weighted by Crippen LogP contribution is 2.43. The van der Waals surface area contributed by atoms with Crippen LogP contribution in [0, 0.1) is 0 Å². The number of hydrogen-bond donors (Lipinski definition) is 2. The predicted octanol–water partition coefficient (Wildman–Crippen LogP) is 8.57. The van der Waals surface area contributed by atoms with Gasteiger partial charge in [-0.15, -0.1) is 0 Å². The number of fused-ring (bicyclic) bond motifs is 1. The zero-order valence-corrected chi connectivity index (χ0v) is 20.2. The normalized spacial score (nSPS) is 11.3. The maximum absolute atomic E-state index is 13.4. The third-order valence-corrected chi connectivity index (χ3v) is 5.89. The van der Waals surface area contributed by atoms with Gasteiger partial charge in [0.05, 0.1) is 26.2 Å². The Morgan fingerprint density at radius 1 is 0.778 bits per heavy atom. The van der Waals surface area contributed by atoms with Crippen LogP contribution in [0.4, 0.5) is 23.7 Å². The summed E-state index contributed by atoms with van der Waals surface area (Å²) in [7, 11) is 0. The van der Waals surface area contributed by atoms with Gasteiger partial charge in [-0.05, 0) is 41.8 Å². The van der Waals surface area contributed by atoms with Gasteiger partial charge in [0.1, 0.15) is 5.75 Å². The van der Waals surface area contributed by atoms with E-state index in [-0.39, 0.29) is 48.6 Å². The molecule has 0 radical (unpaired) electrons. The molecule has 0 saturated heterocycles. The summed E-state index contributed by atoms with van der Waals surface area (Å²) in [6.45, 7) is 0. The summed E-state index contributed by atoms with van der Waals surface area (Å²) < 4.78 is 46.0. The lowest BCUT2D eigenvalue weighted by Gasteiger charge is -2.16. The molecule has 0 saturated carbocycles. The molecule has 184 valence electrons. The molecule has 0 unspecified atom stereocenters. The van der Waals surface area contributed by atoms with Crippen LogP contribution in [0.25, 0.3) is 10.8 Å². The van der Waals surface area contributed by atoms with Crippen LogP contribution in [-0.2, 0) is 6.18 Å². The van der Waals surface area contributed by atoms with E-state index in [4.69, 9.17) is 39.5 Å². The summed E-state index contributed by atoms with van der Waals surface area (Å²) >= 11 is 18.6. The van der Waals surface area contributed by atoms with E-state index in [2.05, 4.69) is 10.6 Å². The SMILES string of the molecule is O=C(NC(=O)c1ccccc1Cl)Nc1cc(Cl)c(Oc2ccc(C(F)(F)F)c3ccccc23)c(Cl)c1. The monoisotopic (exact) mass is 552 g/mol. The van der Waals surface area contributed by atoms with Gasteiger partial charge < -0.3 is 10.1 Å². The smallest absolute Gasteiger partial charge is 0.417 e. The topological polar surface area (TPSA) is 67.4 Å². The molecular weight excluding hydrogens is 540 g/mol. The fourth-order valence-corrected chi connectivity index (χ4v) is 4.21. The number of alkyl halides is 3. The minimum absolute atomic E-state index is 0.0265. The van der Waals surface area contributed by atoms with Crippen molar-refractivity contribution in [2.75, 3.05) is 5.32 Å². The van der Waals surface area contributed by atoms with Crippen LogP contribution in [-0.4, -0.2) is 11.9 Å². The van der Waals surface area contributed by atoms with Crippen molar-refractivity contribution in [1.29, 1.82) is 0 Å². The second-order valence-electron chi connectivity index (χ2n) is 7.41. The second kappa shape index (κ2) is 10.3. The van der Waals surface area contributed by atoms with Crippen LogP contribution in [0.3, 0.4) is 0 Å². The highest BCUT2D eigenvalue weighted by molar-refractivity contribution is 6.38. The Kier molecular flexibility index (Phi) is 7.31. The molecular formula is C25H14Cl3F3N2O3. The summed E-state index contributed by atoms with van der Waals surface area (Å²) in [5.74, 6) is -0.642. The Labute approximate surface area is 217 Å². The maximum Gasteiger partial charge on any atom is 0.417 e. The third-order valence-electron chi connectivity index (χ3n) is 5.00. The van der Waals surface area contributed by atoms with Crippen LogP contribution < -0.4 is 15.4 Å². The summed E-state index contributed by atoms with van der Waals surface area (Å²) in [4.78, 5) is 24.5. The number of carbonyl (C=O) groups excluding carboxylic acids is 2. The number of carbonyl (C=O) groups is 2. The average Bonchev–Trinajstić information content (AvgIpc) is 2.80. The van der Waals surface area contributed by atoms with Gasteiger partial charge in [0.25, 0.3) is 5.91 Å². The summed E-state index contributed by atoms with van der Waals surface area (Å²) in [5.41, 5.74) is -0.559. The first-order valence-corrected chi connectivity index (χ1v) is 11.3. The predicted molar refractivity (Wildman–Crippen MR) is 133 cm³/mol. The quantitative estimate of drug-likeness (QED) is 0.266. The molecule has 0 heterocycles. The number of ether oxygens (including phenoxy) is 1. The number of hydrogen-bond acceptors (Lipinski definition) is 3. The van der Waals surface area contributed by atoms with E-state index < -0.39 is 23.7 Å². The van der Waals surface area contributed by atoms with Crippen molar-refractivity contribution < 1.29 is 27.5 Å². The zero-order valence-electron chi connectivity index (χ0n) is 17.9. The van der Waals surface area contributed by atoms with Gasteiger partial charge in [0.2, 0.25) is 0 Å². The summed E-state index contributed by atoms with van der Waals surface area (Å²) in [5, 5.41) is 4.83. The molecule has 0 spiro atoms. The van der Waals surface area contributed by atoms with Crippen molar-refractivity contribution >= 4 is 63.2 Å². The maximum atomic E-state index is 13.4. The Bertz CT molecular complexity index is 1470. The second-order valence-corrected chi connectivity index (χ2v) is 8.64. The molecule has 0 fully saturated rings. The van der Waals surface area contributed by atoms with E-state index in [0.717, 1.165) is 6.07 Å². The molecule has 11 heteroatoms. The van der Waals surface area contributed by atoms with Crippen LogP contribution in [0.2, 0.25) is 15.1 Å². The molecule has 4 aromatic rings. The van der Waals surface area contributed by atoms with Crippen molar-refractivity contribution in [1.82, 2.24) is 5.32 Å². The van der Waals surface area contributed by atoms with Gasteiger partial charge in [0, 0.05) is 11.1 Å². The Morgan fingerprint density at radius 2 is 1.39 bits per heavy atom. The molecule has 4 aromatic carbocycles. The van der Waals surface area contributed by atoms with E-state index in [1.807, 2.05) is 0 Å². The van der Waals surface area contributed by atoms with Crippen molar-refractivity contribution in [3.8, 4) is 11.5 Å². The van der Waals surface area contributed by atoms with Crippen LogP contribution >= 0.6 is 34.8 Å². The van der Waals surface area contributed by atoms with Gasteiger partial charge in [-0.2, -0.15) is 13.2 Å². The van der Waals surface area contributed by atoms with E-state index >= 15 is 0 Å². The van der Waals surface area contributed by atoms with Crippen molar-refractivity contribution in [2.45, 2.75) is 6.18 Å². The zero-order chi connectivity index (χ0) is 26.0. The van der Waals surface area contributed by atoms with Gasteiger partial charge in [-0.25, -0.2) is 4.79 Å². The molecule has 5 nitrogen and oxygen atoms in total. The van der Waals surface area contributed by atoms with Crippen molar-refractivity contribution in [2.24, 2.45) is 0 Å². The van der Waals surface area contributed by atoms with Gasteiger partial charge in [-0.1, -0.05) is 71.2 Å². The standard InChI is InChI=1S/C25H14Cl3F3N2O3/c26-18-8-4-3-7-16(18)23(34)33-24(35)32-13-11-19(27)22(20(28)12-13)36-21-10-9-17(25(29,30)31)14-5-1-2-6-15(14)21/h1-12H,(H2,32,33,34,35). The van der Waals surface area contributed by atoms with Gasteiger partial charge >= 0.3 is 12.2 Å². The first-order chi connectivity index (χ1) is 17.0. The Hall–Kier alpha value is -3.46. The lowest BCUT2D eigenvalue weighted by Crippen LogP contribution is -2.34. The molecule has 4 rings (SSSR count). The first-order valence-electron chi connectivity index (χ1n) is 10.2. The highest BCUT2D eigenvalue weighted by atomic mass is 35.5. The molecule has 0 bridgehead atoms. The number of nitrogens with one attached hydrogen (secondary N) is 2. The lowest BCUT2D eigenvalue weighted by atomic mass is 10.0. The van der Waals surface area contributed by atoms with Crippen LogP contribution in [0.5, 0.6) is 11.5 Å². The molecule has 36 heavy (non-hydrogen) atoms. The van der Waals surface area contributed by atoms with E-state index in [9.17, 15) is 22.8 Å².